The number of unbranched alkanes of at least 4 members (excludes halogenated alkanes) is 5. The highest BCUT2D eigenvalue weighted by Crippen LogP contribution is 2.14. The maximum absolute atomic E-state index is 9.79. The van der Waals surface area contributed by atoms with Crippen LogP contribution >= 0.6 is 0 Å². The molecular weight excluding hydrogens is 224 g/mol. The molecule has 0 aromatic rings. The minimum absolute atomic E-state index is 0.148. The molecule has 110 valence electrons. The van der Waals surface area contributed by atoms with E-state index < -0.39 is 0 Å². The molecule has 0 amide bonds. The number of aliphatic hydroxyl groups is 2. The smallest absolute Gasteiger partial charge is 0.0540 e. The minimum atomic E-state index is -0.149. The fourth-order valence-electron chi connectivity index (χ4n) is 2.31. The van der Waals surface area contributed by atoms with E-state index in [-0.39, 0.29) is 12.2 Å². The Kier molecular flexibility index (Phi) is 13.3. The van der Waals surface area contributed by atoms with Crippen molar-refractivity contribution in [1.29, 1.82) is 0 Å². The van der Waals surface area contributed by atoms with Gasteiger partial charge in [-0.15, -0.1) is 0 Å². The Morgan fingerprint density at radius 2 is 0.944 bits per heavy atom. The van der Waals surface area contributed by atoms with Crippen molar-refractivity contribution in [3.8, 4) is 0 Å². The lowest BCUT2D eigenvalue weighted by Gasteiger charge is -2.13. The summed E-state index contributed by atoms with van der Waals surface area (Å²) in [6.07, 6.45) is 12.7. The molecule has 2 heteroatoms. The van der Waals surface area contributed by atoms with E-state index in [1.807, 2.05) is 0 Å². The largest absolute Gasteiger partial charge is 0.393 e. The normalized spacial score (nSPS) is 14.7. The average Bonchev–Trinajstić information content (AvgIpc) is 2.35. The van der Waals surface area contributed by atoms with Crippen LogP contribution in [-0.4, -0.2) is 22.4 Å². The van der Waals surface area contributed by atoms with Gasteiger partial charge >= 0.3 is 0 Å². The molecule has 18 heavy (non-hydrogen) atoms. The number of hydrogen-bond donors (Lipinski definition) is 2. The van der Waals surface area contributed by atoms with Gasteiger partial charge in [-0.1, -0.05) is 58.8 Å². The first kappa shape index (κ1) is 17.9. The first-order chi connectivity index (χ1) is 8.70. The Bertz CT molecular complexity index is 159. The standard InChI is InChI=1S/C16H34O2/c1-3-5-7-9-12-16(18)14-10-13-15(17)11-8-6-4-2/h15-18H,3-14H2,1-2H3. The van der Waals surface area contributed by atoms with Gasteiger partial charge in [-0.05, 0) is 32.1 Å². The van der Waals surface area contributed by atoms with Gasteiger partial charge in [0, 0.05) is 0 Å². The summed E-state index contributed by atoms with van der Waals surface area (Å²) in [6, 6.07) is 0. The van der Waals surface area contributed by atoms with E-state index in [0.717, 1.165) is 44.9 Å². The molecule has 0 aliphatic rings. The van der Waals surface area contributed by atoms with Crippen LogP contribution < -0.4 is 0 Å². The van der Waals surface area contributed by atoms with E-state index >= 15 is 0 Å². The summed E-state index contributed by atoms with van der Waals surface area (Å²) in [5.41, 5.74) is 0. The lowest BCUT2D eigenvalue weighted by Crippen LogP contribution is -2.10. The molecule has 0 saturated heterocycles. The molecule has 2 unspecified atom stereocenters. The van der Waals surface area contributed by atoms with Crippen molar-refractivity contribution >= 4 is 0 Å². The molecule has 0 bridgehead atoms. The van der Waals surface area contributed by atoms with Gasteiger partial charge in [-0.25, -0.2) is 0 Å². The van der Waals surface area contributed by atoms with Gasteiger partial charge < -0.3 is 10.2 Å². The molecule has 2 nitrogen and oxygen atoms in total. The Balaban J connectivity index is 3.29. The summed E-state index contributed by atoms with van der Waals surface area (Å²) < 4.78 is 0. The van der Waals surface area contributed by atoms with Crippen molar-refractivity contribution in [3.63, 3.8) is 0 Å². The van der Waals surface area contributed by atoms with Crippen molar-refractivity contribution in [2.24, 2.45) is 0 Å². The summed E-state index contributed by atoms with van der Waals surface area (Å²) in [5, 5.41) is 19.5. The summed E-state index contributed by atoms with van der Waals surface area (Å²) in [5.74, 6) is 0. The third kappa shape index (κ3) is 12.4. The summed E-state index contributed by atoms with van der Waals surface area (Å²) >= 11 is 0. The number of hydrogen-bond acceptors (Lipinski definition) is 2. The zero-order valence-corrected chi connectivity index (χ0v) is 12.5. The van der Waals surface area contributed by atoms with Crippen LogP contribution in [0.5, 0.6) is 0 Å². The highest BCUT2D eigenvalue weighted by Gasteiger charge is 2.07. The molecule has 0 radical (unpaired) electrons. The first-order valence-corrected chi connectivity index (χ1v) is 8.06. The van der Waals surface area contributed by atoms with Crippen molar-refractivity contribution in [2.75, 3.05) is 0 Å². The van der Waals surface area contributed by atoms with E-state index in [4.69, 9.17) is 0 Å². The second-order valence-electron chi connectivity index (χ2n) is 5.58. The van der Waals surface area contributed by atoms with Crippen LogP contribution in [0.2, 0.25) is 0 Å². The van der Waals surface area contributed by atoms with E-state index in [9.17, 15) is 10.2 Å². The topological polar surface area (TPSA) is 40.5 Å². The Morgan fingerprint density at radius 1 is 0.556 bits per heavy atom. The molecule has 0 spiro atoms. The molecule has 0 heterocycles. The van der Waals surface area contributed by atoms with Crippen LogP contribution in [0.4, 0.5) is 0 Å². The molecule has 2 atom stereocenters. The Morgan fingerprint density at radius 3 is 1.44 bits per heavy atom. The van der Waals surface area contributed by atoms with E-state index in [1.165, 1.54) is 32.1 Å². The van der Waals surface area contributed by atoms with Crippen molar-refractivity contribution in [3.05, 3.63) is 0 Å². The minimum Gasteiger partial charge on any atom is -0.393 e. The van der Waals surface area contributed by atoms with Gasteiger partial charge in [0.1, 0.15) is 0 Å². The van der Waals surface area contributed by atoms with Crippen molar-refractivity contribution in [1.82, 2.24) is 0 Å². The molecule has 2 N–H and O–H groups in total. The van der Waals surface area contributed by atoms with E-state index in [0.29, 0.717) is 0 Å². The zero-order chi connectivity index (χ0) is 13.6. The first-order valence-electron chi connectivity index (χ1n) is 8.06. The van der Waals surface area contributed by atoms with Crippen LogP contribution in [-0.2, 0) is 0 Å². The molecule has 0 aromatic carbocycles. The fourth-order valence-corrected chi connectivity index (χ4v) is 2.31. The SMILES string of the molecule is CCCCCCC(O)CCCC(O)CCCCC. The maximum atomic E-state index is 9.79. The molecule has 0 aromatic heterocycles. The van der Waals surface area contributed by atoms with Crippen LogP contribution in [0.15, 0.2) is 0 Å². The number of rotatable bonds is 13. The van der Waals surface area contributed by atoms with Crippen LogP contribution in [0.1, 0.15) is 90.9 Å². The van der Waals surface area contributed by atoms with Gasteiger partial charge in [0.25, 0.3) is 0 Å². The maximum Gasteiger partial charge on any atom is 0.0540 e. The van der Waals surface area contributed by atoms with Gasteiger partial charge in [-0.2, -0.15) is 0 Å². The summed E-state index contributed by atoms with van der Waals surface area (Å²) in [6.45, 7) is 4.39. The fraction of sp³-hybridized carbons (Fsp3) is 1.00. The van der Waals surface area contributed by atoms with Gasteiger partial charge in [0.05, 0.1) is 12.2 Å². The van der Waals surface area contributed by atoms with Crippen LogP contribution in [0.25, 0.3) is 0 Å². The van der Waals surface area contributed by atoms with Crippen LogP contribution in [0.3, 0.4) is 0 Å². The zero-order valence-electron chi connectivity index (χ0n) is 12.5. The third-order valence-corrected chi connectivity index (χ3v) is 3.61. The second-order valence-corrected chi connectivity index (χ2v) is 5.58. The average molecular weight is 258 g/mol. The predicted octanol–water partition coefficient (Wildman–Crippen LogP) is 4.43. The van der Waals surface area contributed by atoms with Crippen molar-refractivity contribution < 1.29 is 10.2 Å². The highest BCUT2D eigenvalue weighted by atomic mass is 16.3. The Hall–Kier alpha value is -0.0800. The molecular formula is C16H34O2. The van der Waals surface area contributed by atoms with E-state index in [2.05, 4.69) is 13.8 Å². The highest BCUT2D eigenvalue weighted by molar-refractivity contribution is 4.61. The lowest BCUT2D eigenvalue weighted by molar-refractivity contribution is 0.121. The van der Waals surface area contributed by atoms with Crippen molar-refractivity contribution in [2.45, 2.75) is 103 Å². The lowest BCUT2D eigenvalue weighted by atomic mass is 10.0. The Labute approximate surface area is 114 Å². The molecule has 0 aliphatic carbocycles. The van der Waals surface area contributed by atoms with E-state index in [1.54, 1.807) is 0 Å². The van der Waals surface area contributed by atoms with Gasteiger partial charge in [0.15, 0.2) is 0 Å². The van der Waals surface area contributed by atoms with Gasteiger partial charge in [-0.3, -0.25) is 0 Å². The summed E-state index contributed by atoms with van der Waals surface area (Å²) in [4.78, 5) is 0. The molecule has 0 aliphatic heterocycles. The molecule has 0 rings (SSSR count). The summed E-state index contributed by atoms with van der Waals surface area (Å²) in [7, 11) is 0. The van der Waals surface area contributed by atoms with Gasteiger partial charge in [0.2, 0.25) is 0 Å². The quantitative estimate of drug-likeness (QED) is 0.480. The predicted molar refractivity (Wildman–Crippen MR) is 78.8 cm³/mol. The molecule has 0 saturated carbocycles. The number of aliphatic hydroxyl groups excluding tert-OH is 2. The molecule has 0 fully saturated rings. The second kappa shape index (κ2) is 13.4. The monoisotopic (exact) mass is 258 g/mol. The third-order valence-electron chi connectivity index (χ3n) is 3.61. The van der Waals surface area contributed by atoms with Crippen LogP contribution in [0, 0.1) is 0 Å².